The molecule has 0 N–H and O–H groups in total. The highest BCUT2D eigenvalue weighted by Gasteiger charge is 2.13. The molecule has 0 radical (unpaired) electrons. The Morgan fingerprint density at radius 3 is 2.52 bits per heavy atom. The molecule has 0 amide bonds. The number of benzene rings is 1. The van der Waals surface area contributed by atoms with E-state index in [-0.39, 0.29) is 11.6 Å². The molecule has 0 aliphatic carbocycles. The fourth-order valence-corrected chi connectivity index (χ4v) is 2.78. The average Bonchev–Trinajstić information content (AvgIpc) is 2.96. The lowest BCUT2D eigenvalue weighted by atomic mass is 10.2. The van der Waals surface area contributed by atoms with Crippen molar-refractivity contribution in [1.82, 2.24) is 14.3 Å². The van der Waals surface area contributed by atoms with E-state index < -0.39 is 0 Å². The zero-order valence-corrected chi connectivity index (χ0v) is 13.9. The number of nitrogens with zero attached hydrogens (tertiary/aromatic N) is 3. The molecule has 5 nitrogen and oxygen atoms in total. The highest BCUT2D eigenvalue weighted by Crippen LogP contribution is 2.17. The van der Waals surface area contributed by atoms with Crippen LogP contribution < -0.4 is 10.3 Å². The zero-order valence-electron chi connectivity index (χ0n) is 13.9. The average molecular weight is 311 g/mol. The van der Waals surface area contributed by atoms with E-state index in [0.29, 0.717) is 11.9 Å². The number of methoxy groups -OCH3 is 1. The molecule has 0 saturated heterocycles. The van der Waals surface area contributed by atoms with Crippen LogP contribution in [-0.4, -0.2) is 21.5 Å². The Bertz CT molecular complexity index is 889. The molecule has 0 fully saturated rings. The molecule has 0 atom stereocenters. The Labute approximate surface area is 135 Å². The second-order valence-electron chi connectivity index (χ2n) is 6.01. The highest BCUT2D eigenvalue weighted by atomic mass is 16.5. The van der Waals surface area contributed by atoms with Crippen LogP contribution in [0.1, 0.15) is 31.1 Å². The molecule has 23 heavy (non-hydrogen) atoms. The molecule has 3 rings (SSSR count). The molecule has 0 saturated carbocycles. The van der Waals surface area contributed by atoms with E-state index in [1.54, 1.807) is 17.9 Å². The first-order valence-corrected chi connectivity index (χ1v) is 7.72. The van der Waals surface area contributed by atoms with Gasteiger partial charge in [0.15, 0.2) is 0 Å². The van der Waals surface area contributed by atoms with Gasteiger partial charge in [0.1, 0.15) is 5.75 Å². The summed E-state index contributed by atoms with van der Waals surface area (Å²) in [6.45, 7) is 6.62. The number of pyridine rings is 1. The van der Waals surface area contributed by atoms with Crippen LogP contribution in [0, 0.1) is 6.92 Å². The van der Waals surface area contributed by atoms with Crippen molar-refractivity contribution in [3.63, 3.8) is 0 Å². The van der Waals surface area contributed by atoms with E-state index in [1.165, 1.54) is 0 Å². The zero-order chi connectivity index (χ0) is 16.6. The van der Waals surface area contributed by atoms with Crippen molar-refractivity contribution >= 4 is 10.9 Å². The predicted octanol–water partition coefficient (Wildman–Crippen LogP) is 3.14. The molecule has 0 bridgehead atoms. The fourth-order valence-electron chi connectivity index (χ4n) is 2.78. The maximum Gasteiger partial charge on any atom is 0.262 e. The van der Waals surface area contributed by atoms with Gasteiger partial charge in [0, 0.05) is 11.7 Å². The van der Waals surface area contributed by atoms with Gasteiger partial charge in [-0.15, -0.1) is 0 Å². The molecule has 2 aromatic heterocycles. The molecule has 0 spiro atoms. The monoisotopic (exact) mass is 311 g/mol. The van der Waals surface area contributed by atoms with Crippen molar-refractivity contribution in [1.29, 1.82) is 0 Å². The standard InChI is InChI=1S/C18H21N3O2/c1-12(2)21-17-9-13(3)20(18(22)16(17)10-19-21)11-14-5-7-15(23-4)8-6-14/h5-10,12H,11H2,1-4H3. The largest absolute Gasteiger partial charge is 0.497 e. The van der Waals surface area contributed by atoms with Crippen molar-refractivity contribution in [3.8, 4) is 5.75 Å². The van der Waals surface area contributed by atoms with Gasteiger partial charge in [-0.1, -0.05) is 12.1 Å². The van der Waals surface area contributed by atoms with Gasteiger partial charge in [-0.3, -0.25) is 9.48 Å². The molecular weight excluding hydrogens is 290 g/mol. The molecule has 3 aromatic rings. The molecule has 0 aliphatic heterocycles. The first-order valence-electron chi connectivity index (χ1n) is 7.72. The number of aryl methyl sites for hydroxylation is 1. The number of fused-ring (bicyclic) bond motifs is 1. The minimum absolute atomic E-state index is 0.00252. The van der Waals surface area contributed by atoms with Gasteiger partial charge in [-0.2, -0.15) is 5.10 Å². The van der Waals surface area contributed by atoms with Crippen LogP contribution >= 0.6 is 0 Å². The van der Waals surface area contributed by atoms with Gasteiger partial charge in [-0.05, 0) is 44.5 Å². The van der Waals surface area contributed by atoms with Crippen LogP contribution in [0.2, 0.25) is 0 Å². The van der Waals surface area contributed by atoms with Crippen molar-refractivity contribution < 1.29 is 4.74 Å². The Hall–Kier alpha value is -2.56. The Kier molecular flexibility index (Phi) is 3.94. The van der Waals surface area contributed by atoms with Gasteiger partial charge >= 0.3 is 0 Å². The van der Waals surface area contributed by atoms with E-state index in [9.17, 15) is 4.79 Å². The third kappa shape index (κ3) is 2.74. The van der Waals surface area contributed by atoms with E-state index in [1.807, 2.05) is 41.9 Å². The lowest BCUT2D eigenvalue weighted by Gasteiger charge is -2.13. The fraction of sp³-hybridized carbons (Fsp3) is 0.333. The highest BCUT2D eigenvalue weighted by molar-refractivity contribution is 5.78. The Morgan fingerprint density at radius 2 is 1.91 bits per heavy atom. The summed E-state index contributed by atoms with van der Waals surface area (Å²) in [4.78, 5) is 12.8. The van der Waals surface area contributed by atoms with Crippen LogP contribution in [-0.2, 0) is 6.54 Å². The lowest BCUT2D eigenvalue weighted by molar-refractivity contribution is 0.414. The minimum atomic E-state index is 0.00252. The van der Waals surface area contributed by atoms with Crippen LogP contribution in [0.15, 0.2) is 41.3 Å². The molecule has 2 heterocycles. The van der Waals surface area contributed by atoms with E-state index in [0.717, 1.165) is 22.5 Å². The van der Waals surface area contributed by atoms with Crippen LogP contribution in [0.5, 0.6) is 5.75 Å². The summed E-state index contributed by atoms with van der Waals surface area (Å²) in [6, 6.07) is 10.0. The summed E-state index contributed by atoms with van der Waals surface area (Å²) < 4.78 is 8.85. The smallest absolute Gasteiger partial charge is 0.262 e. The minimum Gasteiger partial charge on any atom is -0.497 e. The first kappa shape index (κ1) is 15.3. The van der Waals surface area contributed by atoms with E-state index >= 15 is 0 Å². The quantitative estimate of drug-likeness (QED) is 0.743. The Balaban J connectivity index is 2.05. The lowest BCUT2D eigenvalue weighted by Crippen LogP contribution is -2.23. The Morgan fingerprint density at radius 1 is 1.22 bits per heavy atom. The second-order valence-corrected chi connectivity index (χ2v) is 6.01. The van der Waals surface area contributed by atoms with Crippen molar-refractivity contribution in [2.24, 2.45) is 0 Å². The number of ether oxygens (including phenoxy) is 1. The molecule has 0 unspecified atom stereocenters. The van der Waals surface area contributed by atoms with Gasteiger partial charge in [0.2, 0.25) is 0 Å². The molecule has 5 heteroatoms. The van der Waals surface area contributed by atoms with E-state index in [2.05, 4.69) is 18.9 Å². The van der Waals surface area contributed by atoms with Gasteiger partial charge in [0.05, 0.1) is 30.8 Å². The van der Waals surface area contributed by atoms with Crippen molar-refractivity contribution in [2.45, 2.75) is 33.4 Å². The van der Waals surface area contributed by atoms with Crippen molar-refractivity contribution in [2.75, 3.05) is 7.11 Å². The second kappa shape index (κ2) is 5.91. The number of hydrogen-bond donors (Lipinski definition) is 0. The summed E-state index contributed by atoms with van der Waals surface area (Å²) in [5, 5.41) is 5.02. The summed E-state index contributed by atoms with van der Waals surface area (Å²) in [5.74, 6) is 0.812. The number of aromatic nitrogens is 3. The molecule has 0 aliphatic rings. The molecule has 1 aromatic carbocycles. The van der Waals surface area contributed by atoms with Crippen LogP contribution in [0.3, 0.4) is 0 Å². The predicted molar refractivity (Wildman–Crippen MR) is 91.2 cm³/mol. The van der Waals surface area contributed by atoms with Gasteiger partial charge in [0.25, 0.3) is 5.56 Å². The van der Waals surface area contributed by atoms with Crippen LogP contribution in [0.4, 0.5) is 0 Å². The summed E-state index contributed by atoms with van der Waals surface area (Å²) >= 11 is 0. The summed E-state index contributed by atoms with van der Waals surface area (Å²) in [5.41, 5.74) is 2.89. The van der Waals surface area contributed by atoms with Gasteiger partial charge < -0.3 is 9.30 Å². The SMILES string of the molecule is COc1ccc(Cn2c(C)cc3c(cnn3C(C)C)c2=O)cc1. The third-order valence-electron chi connectivity index (χ3n) is 4.07. The number of rotatable bonds is 4. The third-order valence-corrected chi connectivity index (χ3v) is 4.07. The van der Waals surface area contributed by atoms with Gasteiger partial charge in [-0.25, -0.2) is 0 Å². The molecular formula is C18H21N3O2. The number of hydrogen-bond acceptors (Lipinski definition) is 3. The van der Waals surface area contributed by atoms with Crippen LogP contribution in [0.25, 0.3) is 10.9 Å². The van der Waals surface area contributed by atoms with Crippen molar-refractivity contribution in [3.05, 3.63) is 58.1 Å². The maximum absolute atomic E-state index is 12.8. The topological polar surface area (TPSA) is 49.0 Å². The summed E-state index contributed by atoms with van der Waals surface area (Å²) in [7, 11) is 1.64. The summed E-state index contributed by atoms with van der Waals surface area (Å²) in [6.07, 6.45) is 1.67. The maximum atomic E-state index is 12.8. The normalized spacial score (nSPS) is 11.3. The molecule has 120 valence electrons. The first-order chi connectivity index (χ1) is 11.0. The van der Waals surface area contributed by atoms with E-state index in [4.69, 9.17) is 4.74 Å².